The number of aliphatic hydroxyl groups is 1. The van der Waals surface area contributed by atoms with Gasteiger partial charge in [0.1, 0.15) is 43.1 Å². The summed E-state index contributed by atoms with van der Waals surface area (Å²) in [4.78, 5) is 14.8. The number of aliphatic hydroxyl groups excluding tert-OH is 1. The number of carbonyl (C=O) groups is 1. The third-order valence-electron chi connectivity index (χ3n) is 9.87. The number of nitrogens with one attached hydrogen (secondary N) is 4. The monoisotopic (exact) mass is 1080 g/mol. The van der Waals surface area contributed by atoms with Gasteiger partial charge in [-0.25, -0.2) is 9.78 Å². The summed E-state index contributed by atoms with van der Waals surface area (Å²) < 4.78 is 104. The van der Waals surface area contributed by atoms with E-state index in [1.54, 1.807) is 24.3 Å². The molecule has 0 aliphatic heterocycles. The van der Waals surface area contributed by atoms with Gasteiger partial charge in [0.2, 0.25) is 0 Å². The predicted octanol–water partition coefficient (Wildman–Crippen LogP) is 10.5. The lowest BCUT2D eigenvalue weighted by Gasteiger charge is -2.16. The van der Waals surface area contributed by atoms with Crippen molar-refractivity contribution in [2.75, 3.05) is 29.1 Å². The number of urea groups is 1. The molecule has 2 aromatic heterocycles. The van der Waals surface area contributed by atoms with Crippen LogP contribution >= 0.6 is 34.5 Å². The standard InChI is InChI=1S/C43H31Cl2N11O11S4/c1-22-31(20-46)39(50-27-13-14-33(45)36(18-27)71(65,66)67)52-40(49-25-11-7-24(44)8-12-25)38(22)54-55-41-32(21-47)37(23-5-9-26(10-6-23)51-43(58)48-15-16-57)42(68-41)56-53-28-17-30-29(35(19-28)70(62,63)64)3-2-4-34(30)69(59,60)61/h2-14,17-19,57H,15-16H2,1H3,(H2,48,51,58)(H2,49,50,52)(H,59,60,61)(H,62,63,64)(H,65,66,67). The molecule has 362 valence electrons. The lowest BCUT2D eigenvalue weighted by atomic mass is 10.0. The van der Waals surface area contributed by atoms with Gasteiger partial charge < -0.3 is 26.4 Å². The number of nitriles is 2. The van der Waals surface area contributed by atoms with Crippen molar-refractivity contribution in [1.82, 2.24) is 10.3 Å². The van der Waals surface area contributed by atoms with Crippen molar-refractivity contribution in [2.45, 2.75) is 21.6 Å². The molecule has 22 nitrogen and oxygen atoms in total. The summed E-state index contributed by atoms with van der Waals surface area (Å²) in [5.74, 6) is -0.114. The van der Waals surface area contributed by atoms with Crippen LogP contribution in [-0.2, 0) is 30.4 Å². The molecule has 2 heterocycles. The van der Waals surface area contributed by atoms with E-state index in [0.29, 0.717) is 22.0 Å². The summed E-state index contributed by atoms with van der Waals surface area (Å²) in [6, 6.07) is 24.9. The van der Waals surface area contributed by atoms with Crippen LogP contribution in [-0.4, -0.2) is 68.2 Å². The first kappa shape index (κ1) is 51.4. The highest BCUT2D eigenvalue weighted by atomic mass is 35.5. The fraction of sp³-hybridized carbons (Fsp3) is 0.0698. The molecule has 0 radical (unpaired) electrons. The van der Waals surface area contributed by atoms with Crippen LogP contribution in [0.3, 0.4) is 0 Å². The average Bonchev–Trinajstić information content (AvgIpc) is 3.67. The van der Waals surface area contributed by atoms with Gasteiger partial charge in [0.15, 0.2) is 16.6 Å². The molecule has 8 N–H and O–H groups in total. The zero-order valence-corrected chi connectivity index (χ0v) is 40.6. The molecule has 2 amide bonds. The number of rotatable bonds is 15. The van der Waals surface area contributed by atoms with Crippen molar-refractivity contribution in [2.24, 2.45) is 20.5 Å². The zero-order chi connectivity index (χ0) is 51.4. The van der Waals surface area contributed by atoms with Crippen LogP contribution in [0.25, 0.3) is 21.9 Å². The molecule has 0 aliphatic rings. The van der Waals surface area contributed by atoms with Crippen molar-refractivity contribution >= 4 is 132 Å². The third-order valence-corrected chi connectivity index (χ3v) is 14.2. The molecule has 7 aromatic rings. The van der Waals surface area contributed by atoms with Gasteiger partial charge in [0.25, 0.3) is 30.4 Å². The van der Waals surface area contributed by atoms with Crippen molar-refractivity contribution in [3.05, 3.63) is 124 Å². The van der Waals surface area contributed by atoms with Gasteiger partial charge in [-0.05, 0) is 85.3 Å². The van der Waals surface area contributed by atoms with Gasteiger partial charge in [-0.15, -0.1) is 20.5 Å². The fourth-order valence-electron chi connectivity index (χ4n) is 6.71. The number of hydrogen-bond acceptors (Lipinski definition) is 18. The Balaban J connectivity index is 1.40. The molecular formula is C43H31Cl2N11O11S4. The third kappa shape index (κ3) is 11.8. The summed E-state index contributed by atoms with van der Waals surface area (Å²) in [6.07, 6.45) is 0. The molecule has 0 unspecified atom stereocenters. The molecule has 0 bridgehead atoms. The number of fused-ring (bicyclic) bond motifs is 1. The van der Waals surface area contributed by atoms with Crippen molar-refractivity contribution in [3.8, 4) is 23.3 Å². The van der Waals surface area contributed by atoms with Gasteiger partial charge in [0.05, 0.1) is 22.9 Å². The van der Waals surface area contributed by atoms with Crippen molar-refractivity contribution in [3.63, 3.8) is 0 Å². The number of halogens is 2. The first-order valence-electron chi connectivity index (χ1n) is 19.8. The summed E-state index contributed by atoms with van der Waals surface area (Å²) in [5.41, 5.74) is 0.804. The number of thiophene rings is 1. The minimum Gasteiger partial charge on any atom is -0.395 e. The Morgan fingerprint density at radius 2 is 1.31 bits per heavy atom. The molecule has 0 fully saturated rings. The van der Waals surface area contributed by atoms with E-state index in [1.165, 1.54) is 49.4 Å². The molecule has 0 aliphatic carbocycles. The SMILES string of the molecule is Cc1c(C#N)c(Nc2ccc(Cl)c(S(=O)(=O)O)c2)nc(Nc2ccc(Cl)cc2)c1N=Nc1sc(N=Nc2cc(S(=O)(=O)O)c3cccc(S(=O)(=O)O)c3c2)c(-c2ccc(NC(=O)NCCO)cc2)c1C#N. The van der Waals surface area contributed by atoms with Gasteiger partial charge in [-0.1, -0.05) is 58.8 Å². The van der Waals surface area contributed by atoms with Gasteiger partial charge >= 0.3 is 6.03 Å². The second-order valence-electron chi connectivity index (χ2n) is 14.5. The Kier molecular flexibility index (Phi) is 15.1. The van der Waals surface area contributed by atoms with Crippen molar-refractivity contribution < 1.29 is 48.8 Å². The summed E-state index contributed by atoms with van der Waals surface area (Å²) >= 11 is 12.9. The Hall–Kier alpha value is -7.47. The summed E-state index contributed by atoms with van der Waals surface area (Å²) in [5, 5.41) is 58.0. The number of pyridine rings is 1. The minimum absolute atomic E-state index is 0.0180. The molecule has 0 saturated heterocycles. The van der Waals surface area contributed by atoms with E-state index >= 15 is 0 Å². The number of azo groups is 2. The first-order chi connectivity index (χ1) is 33.6. The maximum atomic E-state index is 12.6. The molecule has 0 atom stereocenters. The molecular weight excluding hydrogens is 1050 g/mol. The Bertz CT molecular complexity index is 3790. The lowest BCUT2D eigenvalue weighted by molar-refractivity contribution is 0.245. The number of hydrogen-bond donors (Lipinski definition) is 8. The van der Waals surface area contributed by atoms with Gasteiger partial charge in [0, 0.05) is 50.5 Å². The Labute approximate surface area is 417 Å². The van der Waals surface area contributed by atoms with E-state index in [9.17, 15) is 54.2 Å². The maximum Gasteiger partial charge on any atom is 0.319 e. The summed E-state index contributed by atoms with van der Waals surface area (Å²) in [6.45, 7) is 1.19. The van der Waals surface area contributed by atoms with E-state index in [2.05, 4.69) is 52.8 Å². The first-order valence-corrected chi connectivity index (χ1v) is 25.7. The Morgan fingerprint density at radius 1 is 0.690 bits per heavy atom. The zero-order valence-electron chi connectivity index (χ0n) is 35.8. The highest BCUT2D eigenvalue weighted by Gasteiger charge is 2.25. The highest BCUT2D eigenvalue weighted by Crippen LogP contribution is 2.49. The molecule has 0 spiro atoms. The molecule has 0 saturated carbocycles. The molecule has 28 heteroatoms. The van der Waals surface area contributed by atoms with E-state index in [0.717, 1.165) is 41.7 Å². The van der Waals surface area contributed by atoms with Crippen molar-refractivity contribution in [1.29, 1.82) is 10.5 Å². The van der Waals surface area contributed by atoms with Crippen LogP contribution in [0.2, 0.25) is 10.0 Å². The highest BCUT2D eigenvalue weighted by molar-refractivity contribution is 7.86. The smallest absolute Gasteiger partial charge is 0.319 e. The van der Waals surface area contributed by atoms with Crippen LogP contribution in [0.15, 0.2) is 132 Å². The normalized spacial score (nSPS) is 12.0. The van der Waals surface area contributed by atoms with E-state index in [4.69, 9.17) is 28.3 Å². The lowest BCUT2D eigenvalue weighted by Crippen LogP contribution is -2.30. The van der Waals surface area contributed by atoms with Crippen LogP contribution in [0.1, 0.15) is 16.7 Å². The largest absolute Gasteiger partial charge is 0.395 e. The number of nitrogens with zero attached hydrogens (tertiary/aromatic N) is 7. The van der Waals surface area contributed by atoms with Gasteiger partial charge in [-0.2, -0.15) is 35.8 Å². The maximum absolute atomic E-state index is 12.6. The Morgan fingerprint density at radius 3 is 1.94 bits per heavy atom. The van der Waals surface area contributed by atoms with E-state index in [-0.39, 0.29) is 89.9 Å². The van der Waals surface area contributed by atoms with Crippen LogP contribution < -0.4 is 21.3 Å². The number of benzene rings is 5. The summed E-state index contributed by atoms with van der Waals surface area (Å²) in [7, 11) is -14.7. The average molecular weight is 1080 g/mol. The molecule has 71 heavy (non-hydrogen) atoms. The fourth-order valence-corrected chi connectivity index (χ4v) is 10.2. The van der Waals surface area contributed by atoms with Gasteiger partial charge in [-0.3, -0.25) is 13.7 Å². The second kappa shape index (κ2) is 20.9. The number of amides is 2. The molecule has 5 aromatic carbocycles. The second-order valence-corrected chi connectivity index (χ2v) is 20.5. The van der Waals surface area contributed by atoms with E-state index in [1.807, 2.05) is 6.07 Å². The molecule has 7 rings (SSSR count). The quantitative estimate of drug-likeness (QED) is 0.0349. The number of carbonyl (C=O) groups excluding carboxylic acids is 1. The van der Waals surface area contributed by atoms with Crippen LogP contribution in [0.5, 0.6) is 0 Å². The topological polar surface area (TPSA) is 358 Å². The van der Waals surface area contributed by atoms with Crippen LogP contribution in [0, 0.1) is 29.6 Å². The number of anilines is 5. The predicted molar refractivity (Wildman–Crippen MR) is 263 cm³/mol. The van der Waals surface area contributed by atoms with Crippen LogP contribution in [0.4, 0.5) is 54.9 Å². The number of aromatic nitrogens is 1. The minimum atomic E-state index is -5.04. The van der Waals surface area contributed by atoms with E-state index < -0.39 is 51.1 Å².